The number of imidazole rings is 1. The van der Waals surface area contributed by atoms with E-state index in [4.69, 9.17) is 0 Å². The first-order valence-corrected chi connectivity index (χ1v) is 6.80. The molecule has 4 heteroatoms. The number of hydrogen-bond acceptors (Lipinski definition) is 3. The van der Waals surface area contributed by atoms with E-state index in [1.54, 1.807) is 0 Å². The van der Waals surface area contributed by atoms with Crippen molar-refractivity contribution in [2.75, 3.05) is 13.1 Å². The van der Waals surface area contributed by atoms with E-state index in [9.17, 15) is 0 Å². The smallest absolute Gasteiger partial charge is 0.109 e. The molecule has 0 aromatic carbocycles. The summed E-state index contributed by atoms with van der Waals surface area (Å²) in [6, 6.07) is 2.04. The van der Waals surface area contributed by atoms with Crippen molar-refractivity contribution in [3.63, 3.8) is 0 Å². The Balaban J connectivity index is 1.72. The summed E-state index contributed by atoms with van der Waals surface area (Å²) in [5.74, 6) is 2.00. The SMILES string of the molecule is Cn1c(CCC2CCCNC2)nc2cnccc21. The normalized spacial score (nSPS) is 20.4. The Morgan fingerprint density at radius 1 is 1.50 bits per heavy atom. The lowest BCUT2D eigenvalue weighted by Gasteiger charge is -2.22. The maximum atomic E-state index is 4.68. The van der Waals surface area contributed by atoms with Gasteiger partial charge < -0.3 is 9.88 Å². The number of pyridine rings is 1. The van der Waals surface area contributed by atoms with E-state index in [1.807, 2.05) is 18.5 Å². The van der Waals surface area contributed by atoms with E-state index in [0.29, 0.717) is 0 Å². The van der Waals surface area contributed by atoms with Crippen molar-refractivity contribution in [1.82, 2.24) is 19.9 Å². The molecule has 1 N–H and O–H groups in total. The fourth-order valence-corrected chi connectivity index (χ4v) is 2.83. The van der Waals surface area contributed by atoms with Crippen LogP contribution < -0.4 is 5.32 Å². The molecule has 1 aliphatic heterocycles. The maximum Gasteiger partial charge on any atom is 0.109 e. The van der Waals surface area contributed by atoms with Gasteiger partial charge in [0.05, 0.1) is 11.7 Å². The molecule has 1 fully saturated rings. The van der Waals surface area contributed by atoms with Crippen LogP contribution in [0.15, 0.2) is 18.5 Å². The fourth-order valence-electron chi connectivity index (χ4n) is 2.83. The summed E-state index contributed by atoms with van der Waals surface area (Å²) in [6.07, 6.45) is 8.66. The fraction of sp³-hybridized carbons (Fsp3) is 0.571. The number of nitrogens with one attached hydrogen (secondary N) is 1. The van der Waals surface area contributed by atoms with Crippen LogP contribution in [0.1, 0.15) is 25.1 Å². The first kappa shape index (κ1) is 11.7. The van der Waals surface area contributed by atoms with E-state index >= 15 is 0 Å². The second-order valence-corrected chi connectivity index (χ2v) is 5.20. The van der Waals surface area contributed by atoms with Crippen LogP contribution in [0.25, 0.3) is 11.0 Å². The minimum absolute atomic E-state index is 0.816. The second kappa shape index (κ2) is 5.06. The Morgan fingerprint density at radius 3 is 3.22 bits per heavy atom. The molecule has 2 aromatic heterocycles. The van der Waals surface area contributed by atoms with Gasteiger partial charge in [0, 0.05) is 19.7 Å². The van der Waals surface area contributed by atoms with Crippen LogP contribution in [0.4, 0.5) is 0 Å². The molecule has 0 spiro atoms. The highest BCUT2D eigenvalue weighted by molar-refractivity contribution is 5.74. The van der Waals surface area contributed by atoms with Crippen LogP contribution in [0.5, 0.6) is 0 Å². The minimum atomic E-state index is 0.816. The van der Waals surface area contributed by atoms with E-state index in [2.05, 4.69) is 26.9 Å². The summed E-state index contributed by atoms with van der Waals surface area (Å²) in [5.41, 5.74) is 2.19. The molecular formula is C14H20N4. The van der Waals surface area contributed by atoms with Crippen molar-refractivity contribution >= 4 is 11.0 Å². The van der Waals surface area contributed by atoms with Crippen molar-refractivity contribution in [2.24, 2.45) is 13.0 Å². The highest BCUT2D eigenvalue weighted by atomic mass is 15.1. The molecule has 1 atom stereocenters. The van der Waals surface area contributed by atoms with Gasteiger partial charge in [-0.25, -0.2) is 4.98 Å². The number of nitrogens with zero attached hydrogens (tertiary/aromatic N) is 3. The van der Waals surface area contributed by atoms with E-state index in [-0.39, 0.29) is 0 Å². The van der Waals surface area contributed by atoms with Gasteiger partial charge in [0.25, 0.3) is 0 Å². The van der Waals surface area contributed by atoms with Gasteiger partial charge in [-0.2, -0.15) is 0 Å². The first-order chi connectivity index (χ1) is 8.84. The lowest BCUT2D eigenvalue weighted by Crippen LogP contribution is -2.30. The molecule has 96 valence electrons. The van der Waals surface area contributed by atoms with E-state index in [1.165, 1.54) is 43.7 Å². The molecule has 0 aliphatic carbocycles. The highest BCUT2D eigenvalue weighted by Gasteiger charge is 2.14. The Hall–Kier alpha value is -1.42. The molecule has 3 heterocycles. The van der Waals surface area contributed by atoms with Gasteiger partial charge in [-0.1, -0.05) is 0 Å². The third-order valence-electron chi connectivity index (χ3n) is 3.95. The Morgan fingerprint density at radius 2 is 2.44 bits per heavy atom. The highest BCUT2D eigenvalue weighted by Crippen LogP contribution is 2.19. The molecule has 4 nitrogen and oxygen atoms in total. The summed E-state index contributed by atoms with van der Waals surface area (Å²) >= 11 is 0. The van der Waals surface area contributed by atoms with Crippen molar-refractivity contribution in [2.45, 2.75) is 25.7 Å². The number of aryl methyl sites for hydroxylation is 2. The number of fused-ring (bicyclic) bond motifs is 1. The molecular weight excluding hydrogens is 224 g/mol. The van der Waals surface area contributed by atoms with Gasteiger partial charge in [0.2, 0.25) is 0 Å². The number of piperidine rings is 1. The van der Waals surface area contributed by atoms with Gasteiger partial charge in [-0.15, -0.1) is 0 Å². The van der Waals surface area contributed by atoms with Crippen LogP contribution in [0, 0.1) is 5.92 Å². The molecule has 1 unspecified atom stereocenters. The maximum absolute atomic E-state index is 4.68. The second-order valence-electron chi connectivity index (χ2n) is 5.20. The van der Waals surface area contributed by atoms with E-state index in [0.717, 1.165) is 17.9 Å². The molecule has 0 amide bonds. The third-order valence-corrected chi connectivity index (χ3v) is 3.95. The summed E-state index contributed by atoms with van der Waals surface area (Å²) in [7, 11) is 2.10. The molecule has 0 saturated carbocycles. The molecule has 1 saturated heterocycles. The number of hydrogen-bond donors (Lipinski definition) is 1. The zero-order valence-corrected chi connectivity index (χ0v) is 10.9. The van der Waals surface area contributed by atoms with Crippen molar-refractivity contribution in [1.29, 1.82) is 0 Å². The van der Waals surface area contributed by atoms with Gasteiger partial charge >= 0.3 is 0 Å². The average Bonchev–Trinajstić information content (AvgIpc) is 2.75. The predicted molar refractivity (Wildman–Crippen MR) is 72.4 cm³/mol. The molecule has 2 aromatic rings. The number of rotatable bonds is 3. The lowest BCUT2D eigenvalue weighted by atomic mass is 9.94. The largest absolute Gasteiger partial charge is 0.331 e. The predicted octanol–water partition coefficient (Wildman–Crippen LogP) is 1.90. The van der Waals surface area contributed by atoms with Gasteiger partial charge in [0.15, 0.2) is 0 Å². The van der Waals surface area contributed by atoms with Crippen molar-refractivity contribution in [3.05, 3.63) is 24.3 Å². The quantitative estimate of drug-likeness (QED) is 0.896. The van der Waals surface area contributed by atoms with Gasteiger partial charge in [-0.05, 0) is 44.3 Å². The van der Waals surface area contributed by atoms with E-state index < -0.39 is 0 Å². The topological polar surface area (TPSA) is 42.7 Å². The van der Waals surface area contributed by atoms with Gasteiger partial charge in [0.1, 0.15) is 11.3 Å². The number of aromatic nitrogens is 3. The Kier molecular flexibility index (Phi) is 3.28. The van der Waals surface area contributed by atoms with Crippen LogP contribution in [-0.2, 0) is 13.5 Å². The zero-order chi connectivity index (χ0) is 12.4. The van der Waals surface area contributed by atoms with Gasteiger partial charge in [-0.3, -0.25) is 4.98 Å². The standard InChI is InChI=1S/C14H20N4/c1-18-13-6-8-16-10-12(13)17-14(18)5-4-11-3-2-7-15-9-11/h6,8,10-11,15H,2-5,7,9H2,1H3. The molecule has 3 rings (SSSR count). The lowest BCUT2D eigenvalue weighted by molar-refractivity contribution is 0.355. The Bertz CT molecular complexity index is 526. The first-order valence-electron chi connectivity index (χ1n) is 6.80. The van der Waals surface area contributed by atoms with Crippen molar-refractivity contribution in [3.8, 4) is 0 Å². The monoisotopic (exact) mass is 244 g/mol. The van der Waals surface area contributed by atoms with Crippen LogP contribution in [-0.4, -0.2) is 27.6 Å². The minimum Gasteiger partial charge on any atom is -0.331 e. The molecule has 0 radical (unpaired) electrons. The summed E-state index contributed by atoms with van der Waals surface area (Å²) < 4.78 is 2.20. The summed E-state index contributed by atoms with van der Waals surface area (Å²) in [5, 5.41) is 3.48. The van der Waals surface area contributed by atoms with Crippen LogP contribution >= 0.6 is 0 Å². The van der Waals surface area contributed by atoms with Crippen molar-refractivity contribution < 1.29 is 0 Å². The van der Waals surface area contributed by atoms with Crippen LogP contribution in [0.3, 0.4) is 0 Å². The molecule has 1 aliphatic rings. The summed E-state index contributed by atoms with van der Waals surface area (Å²) in [4.78, 5) is 8.81. The van der Waals surface area contributed by atoms with Crippen LogP contribution in [0.2, 0.25) is 0 Å². The molecule has 18 heavy (non-hydrogen) atoms. The summed E-state index contributed by atoms with van der Waals surface area (Å²) in [6.45, 7) is 2.36. The zero-order valence-electron chi connectivity index (χ0n) is 10.9. The average molecular weight is 244 g/mol. The Labute approximate surface area is 107 Å². The molecule has 0 bridgehead atoms. The third kappa shape index (κ3) is 2.25.